The molecule has 86 valence electrons. The van der Waals surface area contributed by atoms with E-state index in [0.717, 1.165) is 22.6 Å². The maximum atomic E-state index is 6.18. The number of nitrogens with two attached hydrogens (primary N) is 1. The van der Waals surface area contributed by atoms with E-state index in [1.807, 2.05) is 42.5 Å². The summed E-state index contributed by atoms with van der Waals surface area (Å²) in [5, 5.41) is 6.18. The maximum Gasteiger partial charge on any atom is 0.211 e. The highest BCUT2D eigenvalue weighted by atomic mass is 16.5. The van der Waals surface area contributed by atoms with Gasteiger partial charge in [-0.05, 0) is 42.8 Å². The van der Waals surface area contributed by atoms with Gasteiger partial charge in [0.2, 0.25) is 5.71 Å². The number of hydrogen-bond donors (Lipinski definition) is 1. The summed E-state index contributed by atoms with van der Waals surface area (Å²) in [5.41, 5.74) is 4.07. The van der Waals surface area contributed by atoms with Crippen molar-refractivity contribution in [2.75, 3.05) is 7.11 Å². The van der Waals surface area contributed by atoms with Crippen LogP contribution >= 0.6 is 0 Å². The van der Waals surface area contributed by atoms with Gasteiger partial charge in [-0.15, -0.1) is 0 Å². The van der Waals surface area contributed by atoms with Crippen LogP contribution < -0.4 is 10.1 Å². The molecule has 2 rings (SSSR count). The van der Waals surface area contributed by atoms with Crippen molar-refractivity contribution in [3.63, 3.8) is 0 Å². The summed E-state index contributed by atoms with van der Waals surface area (Å²) >= 11 is 0. The van der Waals surface area contributed by atoms with Crippen LogP contribution in [0.3, 0.4) is 0 Å². The molecule has 0 aliphatic heterocycles. The van der Waals surface area contributed by atoms with E-state index < -0.39 is 0 Å². The van der Waals surface area contributed by atoms with Gasteiger partial charge in [-0.1, -0.05) is 18.2 Å². The lowest BCUT2D eigenvalue weighted by Gasteiger charge is -2.04. The Morgan fingerprint density at radius 1 is 1.00 bits per heavy atom. The molecule has 0 fully saturated rings. The average molecular weight is 226 g/mol. The summed E-state index contributed by atoms with van der Waals surface area (Å²) < 4.78 is 5.13. The zero-order valence-electron chi connectivity index (χ0n) is 10.1. The first-order chi connectivity index (χ1) is 8.22. The quantitative estimate of drug-likeness (QED) is 0.793. The average Bonchev–Trinajstić information content (AvgIpc) is 2.39. The number of methoxy groups -OCH3 is 1. The predicted molar refractivity (Wildman–Crippen MR) is 69.3 cm³/mol. The molecule has 0 spiro atoms. The summed E-state index contributed by atoms with van der Waals surface area (Å²) in [6, 6.07) is 15.9. The first-order valence-corrected chi connectivity index (χ1v) is 5.55. The summed E-state index contributed by atoms with van der Waals surface area (Å²) in [7, 11) is 1.66. The van der Waals surface area contributed by atoms with Crippen LogP contribution in [0.1, 0.15) is 16.7 Å². The van der Waals surface area contributed by atoms with Crippen molar-refractivity contribution in [3.8, 4) is 5.75 Å². The minimum atomic E-state index is 0.797. The molecule has 2 aromatic carbocycles. The van der Waals surface area contributed by atoms with Crippen molar-refractivity contribution in [3.05, 3.63) is 65.2 Å². The highest BCUT2D eigenvalue weighted by Gasteiger charge is 2.12. The standard InChI is InChI=1S/C15H15NO/c1-11-5-3-4-6-14(11)15(16)12-7-9-13(17-2)10-8-12/h3-10,16H,1-2H3/p+1. The first kappa shape index (κ1) is 11.4. The fraction of sp³-hybridized carbons (Fsp3) is 0.133. The van der Waals surface area contributed by atoms with Crippen molar-refractivity contribution in [1.82, 2.24) is 0 Å². The van der Waals surface area contributed by atoms with Crippen LogP contribution in [-0.2, 0) is 0 Å². The van der Waals surface area contributed by atoms with Gasteiger partial charge in [0.05, 0.1) is 7.11 Å². The van der Waals surface area contributed by atoms with Gasteiger partial charge in [0, 0.05) is 11.1 Å². The SMILES string of the molecule is COc1ccc(C(=[NH2+])c2ccccc2C)cc1. The molecule has 0 heterocycles. The Balaban J connectivity index is 2.34. The largest absolute Gasteiger partial charge is 0.497 e. The van der Waals surface area contributed by atoms with Gasteiger partial charge in [-0.2, -0.15) is 0 Å². The van der Waals surface area contributed by atoms with E-state index in [-0.39, 0.29) is 0 Å². The van der Waals surface area contributed by atoms with Gasteiger partial charge < -0.3 is 4.74 Å². The Kier molecular flexibility index (Phi) is 3.24. The number of aryl methyl sites for hydroxylation is 1. The fourth-order valence-electron chi connectivity index (χ4n) is 1.80. The molecule has 0 aliphatic carbocycles. The molecule has 0 bridgehead atoms. The van der Waals surface area contributed by atoms with Crippen molar-refractivity contribution >= 4 is 5.71 Å². The van der Waals surface area contributed by atoms with Crippen molar-refractivity contribution < 1.29 is 10.1 Å². The monoisotopic (exact) mass is 226 g/mol. The van der Waals surface area contributed by atoms with Crippen molar-refractivity contribution in [1.29, 1.82) is 0 Å². The summed E-state index contributed by atoms with van der Waals surface area (Å²) in [5.74, 6) is 0.839. The van der Waals surface area contributed by atoms with Crippen LogP contribution in [0, 0.1) is 6.92 Å². The van der Waals surface area contributed by atoms with Crippen molar-refractivity contribution in [2.24, 2.45) is 0 Å². The molecule has 2 aromatic rings. The highest BCUT2D eigenvalue weighted by molar-refractivity contribution is 6.09. The minimum absolute atomic E-state index is 0.797. The first-order valence-electron chi connectivity index (χ1n) is 5.55. The summed E-state index contributed by atoms with van der Waals surface area (Å²) in [6.07, 6.45) is 0. The van der Waals surface area contributed by atoms with E-state index in [1.165, 1.54) is 5.56 Å². The molecule has 2 N–H and O–H groups in total. The third-order valence-electron chi connectivity index (χ3n) is 2.84. The predicted octanol–water partition coefficient (Wildman–Crippen LogP) is 1.60. The molecule has 17 heavy (non-hydrogen) atoms. The summed E-state index contributed by atoms with van der Waals surface area (Å²) in [6.45, 7) is 2.06. The van der Waals surface area contributed by atoms with Crippen LogP contribution in [0.15, 0.2) is 48.5 Å². The Morgan fingerprint density at radius 3 is 2.24 bits per heavy atom. The van der Waals surface area contributed by atoms with Crippen LogP contribution in [0.4, 0.5) is 0 Å². The number of ether oxygens (including phenoxy) is 1. The molecular formula is C15H16NO+. The zero-order chi connectivity index (χ0) is 12.3. The molecule has 0 saturated heterocycles. The smallest absolute Gasteiger partial charge is 0.211 e. The molecule has 0 aromatic heterocycles. The molecule has 0 aliphatic rings. The Morgan fingerprint density at radius 2 is 1.65 bits per heavy atom. The van der Waals surface area contributed by atoms with Gasteiger partial charge in [0.15, 0.2) is 0 Å². The van der Waals surface area contributed by atoms with Gasteiger partial charge in [-0.3, -0.25) is 5.41 Å². The van der Waals surface area contributed by atoms with E-state index in [0.29, 0.717) is 0 Å². The maximum absolute atomic E-state index is 6.18. The molecule has 0 unspecified atom stereocenters. The normalized spacial score (nSPS) is 10.0. The lowest BCUT2D eigenvalue weighted by Crippen LogP contribution is -2.41. The second-order valence-corrected chi connectivity index (χ2v) is 3.96. The molecule has 0 saturated carbocycles. The fourth-order valence-corrected chi connectivity index (χ4v) is 1.80. The molecule has 0 radical (unpaired) electrons. The second-order valence-electron chi connectivity index (χ2n) is 3.96. The number of hydrogen-bond acceptors (Lipinski definition) is 1. The minimum Gasteiger partial charge on any atom is -0.497 e. The second kappa shape index (κ2) is 4.83. The van der Waals surface area contributed by atoms with Gasteiger partial charge >= 0.3 is 0 Å². The third kappa shape index (κ3) is 2.36. The zero-order valence-corrected chi connectivity index (χ0v) is 10.1. The van der Waals surface area contributed by atoms with Gasteiger partial charge in [0.1, 0.15) is 5.75 Å². The molecule has 2 nitrogen and oxygen atoms in total. The molecule has 2 heteroatoms. The van der Waals surface area contributed by atoms with Crippen molar-refractivity contribution in [2.45, 2.75) is 6.92 Å². The third-order valence-corrected chi connectivity index (χ3v) is 2.84. The Labute approximate surface area is 101 Å². The van der Waals surface area contributed by atoms with E-state index in [1.54, 1.807) is 7.11 Å². The Bertz CT molecular complexity index is 529. The molecule has 0 amide bonds. The number of rotatable bonds is 3. The number of benzene rings is 2. The van der Waals surface area contributed by atoms with E-state index in [4.69, 9.17) is 10.1 Å². The van der Waals surface area contributed by atoms with Crippen LogP contribution in [0.25, 0.3) is 0 Å². The summed E-state index contributed by atoms with van der Waals surface area (Å²) in [4.78, 5) is 0. The van der Waals surface area contributed by atoms with Crippen LogP contribution in [0.5, 0.6) is 5.75 Å². The van der Waals surface area contributed by atoms with E-state index in [9.17, 15) is 0 Å². The van der Waals surface area contributed by atoms with Crippen LogP contribution in [-0.4, -0.2) is 12.8 Å². The highest BCUT2D eigenvalue weighted by Crippen LogP contribution is 2.15. The van der Waals surface area contributed by atoms with Crippen LogP contribution in [0.2, 0.25) is 0 Å². The Hall–Kier alpha value is -2.09. The lowest BCUT2D eigenvalue weighted by molar-refractivity contribution is -0.111. The molecule has 0 atom stereocenters. The van der Waals surface area contributed by atoms with Gasteiger partial charge in [0.25, 0.3) is 0 Å². The lowest BCUT2D eigenvalue weighted by atomic mass is 9.98. The van der Waals surface area contributed by atoms with E-state index in [2.05, 4.69) is 13.0 Å². The molecular weight excluding hydrogens is 210 g/mol. The topological polar surface area (TPSA) is 34.8 Å². The van der Waals surface area contributed by atoms with E-state index >= 15 is 0 Å². The van der Waals surface area contributed by atoms with Gasteiger partial charge in [-0.25, -0.2) is 0 Å².